The van der Waals surface area contributed by atoms with E-state index in [4.69, 9.17) is 24.6 Å². The molecule has 0 amide bonds. The van der Waals surface area contributed by atoms with Gasteiger partial charge < -0.3 is 13.9 Å². The molecule has 0 aliphatic carbocycles. The third-order valence-corrected chi connectivity index (χ3v) is 6.10. The molecule has 1 aromatic heterocycles. The lowest BCUT2D eigenvalue weighted by Gasteiger charge is -2.34. The van der Waals surface area contributed by atoms with Crippen LogP contribution in [0.3, 0.4) is 0 Å². The molecule has 0 atom stereocenters. The number of hydrogen-bond acceptors (Lipinski definition) is 7. The predicted octanol–water partition coefficient (Wildman–Crippen LogP) is 4.29. The van der Waals surface area contributed by atoms with Gasteiger partial charge in [0.15, 0.2) is 0 Å². The van der Waals surface area contributed by atoms with Gasteiger partial charge in [0.05, 0.1) is 23.1 Å². The van der Waals surface area contributed by atoms with E-state index in [0.717, 1.165) is 31.2 Å². The molecule has 2 aromatic rings. The molecule has 7 nitrogen and oxygen atoms in total. The fourth-order valence-electron chi connectivity index (χ4n) is 3.50. The molecule has 2 N–H and O–H groups in total. The average molecular weight is 407 g/mol. The van der Waals surface area contributed by atoms with Gasteiger partial charge in [-0.1, -0.05) is 39.8 Å². The van der Waals surface area contributed by atoms with Crippen LogP contribution in [-0.4, -0.2) is 29.4 Å². The number of aromatic nitrogens is 1. The third kappa shape index (κ3) is 5.35. The summed E-state index contributed by atoms with van der Waals surface area (Å²) in [6, 6.07) is 5.48. The summed E-state index contributed by atoms with van der Waals surface area (Å²) in [5.41, 5.74) is 0.0555. The van der Waals surface area contributed by atoms with E-state index >= 15 is 0 Å². The van der Waals surface area contributed by atoms with Gasteiger partial charge in [0, 0.05) is 6.42 Å². The van der Waals surface area contributed by atoms with Crippen LogP contribution in [0.15, 0.2) is 27.4 Å². The highest BCUT2D eigenvalue weighted by Crippen LogP contribution is 2.27. The number of benzene rings is 1. The number of hydrogen-bond donors (Lipinski definition) is 1. The van der Waals surface area contributed by atoms with Crippen molar-refractivity contribution in [2.24, 2.45) is 5.90 Å². The highest BCUT2D eigenvalue weighted by Gasteiger charge is 2.32. The van der Waals surface area contributed by atoms with E-state index in [1.807, 2.05) is 32.9 Å². The second-order valence-electron chi connectivity index (χ2n) is 7.52. The zero-order valence-corrected chi connectivity index (χ0v) is 18.2. The Bertz CT molecular complexity index is 832. The van der Waals surface area contributed by atoms with Gasteiger partial charge in [-0.15, -0.1) is 0 Å². The van der Waals surface area contributed by atoms with Gasteiger partial charge in [-0.2, -0.15) is 4.98 Å². The second kappa shape index (κ2) is 10.2. The number of nitrogens with zero attached hydrogens (tertiary/aromatic N) is 1. The SMILES string of the molecule is CCC(CC)(CCOC(CC)(CC)COc1nc2cccc(C)c2c(=O)o1)ON. The van der Waals surface area contributed by atoms with Crippen molar-refractivity contribution in [1.29, 1.82) is 0 Å². The summed E-state index contributed by atoms with van der Waals surface area (Å²) < 4.78 is 17.3. The average Bonchev–Trinajstić information content (AvgIpc) is 2.74. The maximum absolute atomic E-state index is 12.3. The topological polar surface area (TPSA) is 96.8 Å². The summed E-state index contributed by atoms with van der Waals surface area (Å²) in [6.45, 7) is 10.8. The van der Waals surface area contributed by atoms with Crippen LogP contribution in [0.5, 0.6) is 6.08 Å². The first-order valence-electron chi connectivity index (χ1n) is 10.4. The highest BCUT2D eigenvalue weighted by molar-refractivity contribution is 5.80. The van der Waals surface area contributed by atoms with E-state index in [9.17, 15) is 4.79 Å². The summed E-state index contributed by atoms with van der Waals surface area (Å²) in [5, 5.41) is 0.477. The van der Waals surface area contributed by atoms with Gasteiger partial charge in [0.2, 0.25) is 0 Å². The maximum atomic E-state index is 12.3. The monoisotopic (exact) mass is 406 g/mol. The van der Waals surface area contributed by atoms with Crippen LogP contribution in [0.4, 0.5) is 0 Å². The molecule has 0 spiro atoms. The van der Waals surface area contributed by atoms with Crippen molar-refractivity contribution in [2.75, 3.05) is 13.2 Å². The van der Waals surface area contributed by atoms with Crippen LogP contribution >= 0.6 is 0 Å². The van der Waals surface area contributed by atoms with Crippen molar-refractivity contribution >= 4 is 10.9 Å². The van der Waals surface area contributed by atoms with Gasteiger partial charge >= 0.3 is 11.7 Å². The number of aryl methyl sites for hydroxylation is 1. The Morgan fingerprint density at radius 1 is 1.07 bits per heavy atom. The van der Waals surface area contributed by atoms with E-state index in [-0.39, 0.29) is 18.3 Å². The van der Waals surface area contributed by atoms with E-state index in [1.54, 1.807) is 6.07 Å². The Balaban J connectivity index is 2.10. The van der Waals surface area contributed by atoms with Gasteiger partial charge in [-0.3, -0.25) is 4.84 Å². The number of ether oxygens (including phenoxy) is 2. The Hall–Kier alpha value is -1.96. The van der Waals surface area contributed by atoms with Crippen LogP contribution < -0.4 is 16.3 Å². The smallest absolute Gasteiger partial charge is 0.397 e. The zero-order chi connectivity index (χ0) is 21.5. The summed E-state index contributed by atoms with van der Waals surface area (Å²) in [5.74, 6) is 5.52. The van der Waals surface area contributed by atoms with E-state index in [1.165, 1.54) is 0 Å². The fourth-order valence-corrected chi connectivity index (χ4v) is 3.50. The van der Waals surface area contributed by atoms with Crippen molar-refractivity contribution in [3.63, 3.8) is 0 Å². The number of nitrogens with two attached hydrogens (primary N) is 1. The second-order valence-corrected chi connectivity index (χ2v) is 7.52. The number of rotatable bonds is 12. The molecule has 0 radical (unpaired) electrons. The van der Waals surface area contributed by atoms with Crippen molar-refractivity contribution < 1.29 is 18.7 Å². The fraction of sp³-hybridized carbons (Fsp3) is 0.636. The Labute approximate surface area is 172 Å². The third-order valence-electron chi connectivity index (χ3n) is 6.10. The first kappa shape index (κ1) is 23.3. The van der Waals surface area contributed by atoms with E-state index in [2.05, 4.69) is 18.8 Å². The van der Waals surface area contributed by atoms with Gasteiger partial charge in [0.1, 0.15) is 12.2 Å². The van der Waals surface area contributed by atoms with E-state index in [0.29, 0.717) is 23.9 Å². The molecule has 1 heterocycles. The largest absolute Gasteiger partial charge is 0.447 e. The Morgan fingerprint density at radius 3 is 2.31 bits per heavy atom. The number of fused-ring (bicyclic) bond motifs is 1. The summed E-state index contributed by atoms with van der Waals surface area (Å²) in [6.07, 6.45) is 3.78. The quantitative estimate of drug-likeness (QED) is 0.525. The normalized spacial score (nSPS) is 12.5. The van der Waals surface area contributed by atoms with E-state index < -0.39 is 11.2 Å². The van der Waals surface area contributed by atoms with Gasteiger partial charge in [-0.05, 0) is 44.2 Å². The molecule has 0 unspecified atom stereocenters. The molecule has 0 fully saturated rings. The molecule has 7 heteroatoms. The van der Waals surface area contributed by atoms with Crippen molar-refractivity contribution in [1.82, 2.24) is 4.98 Å². The highest BCUT2D eigenvalue weighted by atomic mass is 16.6. The Morgan fingerprint density at radius 2 is 1.72 bits per heavy atom. The molecule has 29 heavy (non-hydrogen) atoms. The van der Waals surface area contributed by atoms with Crippen LogP contribution in [0, 0.1) is 6.92 Å². The summed E-state index contributed by atoms with van der Waals surface area (Å²) in [7, 11) is 0. The molecule has 0 aliphatic rings. The van der Waals surface area contributed by atoms with Crippen molar-refractivity contribution in [2.45, 2.75) is 77.9 Å². The van der Waals surface area contributed by atoms with Crippen LogP contribution in [-0.2, 0) is 9.57 Å². The minimum atomic E-state index is -0.510. The Kier molecular flexibility index (Phi) is 8.19. The zero-order valence-electron chi connectivity index (χ0n) is 18.2. The molecule has 2 rings (SSSR count). The molecular weight excluding hydrogens is 372 g/mol. The lowest BCUT2D eigenvalue weighted by atomic mass is 9.93. The minimum absolute atomic E-state index is 0.0373. The summed E-state index contributed by atoms with van der Waals surface area (Å²) >= 11 is 0. The molecule has 162 valence electrons. The first-order valence-corrected chi connectivity index (χ1v) is 10.4. The van der Waals surface area contributed by atoms with Gasteiger partial charge in [0.25, 0.3) is 0 Å². The lowest BCUT2D eigenvalue weighted by Crippen LogP contribution is -2.41. The van der Waals surface area contributed by atoms with Crippen LogP contribution in [0.1, 0.15) is 65.4 Å². The lowest BCUT2D eigenvalue weighted by molar-refractivity contribution is -0.118. The van der Waals surface area contributed by atoms with Gasteiger partial charge in [-0.25, -0.2) is 10.7 Å². The molecule has 1 aromatic carbocycles. The molecule has 0 bridgehead atoms. The van der Waals surface area contributed by atoms with Crippen LogP contribution in [0.2, 0.25) is 0 Å². The van der Waals surface area contributed by atoms with Crippen LogP contribution in [0.25, 0.3) is 10.9 Å². The molecule has 0 saturated heterocycles. The molecule has 0 saturated carbocycles. The first-order chi connectivity index (χ1) is 13.9. The predicted molar refractivity (Wildman–Crippen MR) is 113 cm³/mol. The molecule has 0 aliphatic heterocycles. The van der Waals surface area contributed by atoms with Crippen molar-refractivity contribution in [3.05, 3.63) is 34.2 Å². The molecular formula is C22H34N2O5. The standard InChI is InChI=1S/C22H34N2O5/c1-6-21(7-2,29-23)13-14-27-22(8-3,9-4)15-26-20-24-17-12-10-11-16(5)18(17)19(25)28-20/h10-12H,6-9,13-15,23H2,1-5H3. The maximum Gasteiger partial charge on any atom is 0.397 e. The van der Waals surface area contributed by atoms with Crippen molar-refractivity contribution in [3.8, 4) is 6.08 Å². The summed E-state index contributed by atoms with van der Waals surface area (Å²) in [4.78, 5) is 21.9. The minimum Gasteiger partial charge on any atom is -0.447 e.